The van der Waals surface area contributed by atoms with Crippen molar-refractivity contribution in [2.75, 3.05) is 7.05 Å². The van der Waals surface area contributed by atoms with Gasteiger partial charge in [-0.3, -0.25) is 4.40 Å². The number of hydrogen-bond donors (Lipinski definition) is 1. The number of urea groups is 1. The number of hydrogen-bond acceptors (Lipinski definition) is 5. The van der Waals surface area contributed by atoms with Crippen LogP contribution in [0.3, 0.4) is 0 Å². The molecule has 2 amide bonds. The van der Waals surface area contributed by atoms with Crippen LogP contribution in [0.5, 0.6) is 0 Å². The predicted octanol–water partition coefficient (Wildman–Crippen LogP) is 2.09. The highest BCUT2D eigenvalue weighted by molar-refractivity contribution is 7.11. The van der Waals surface area contributed by atoms with Gasteiger partial charge < -0.3 is 10.2 Å². The van der Waals surface area contributed by atoms with Crippen LogP contribution in [-0.2, 0) is 19.5 Å². The summed E-state index contributed by atoms with van der Waals surface area (Å²) in [6.07, 6.45) is 4.71. The van der Waals surface area contributed by atoms with Gasteiger partial charge in [0.15, 0.2) is 11.5 Å². The molecule has 0 spiro atoms. The molecule has 7 nitrogen and oxygen atoms in total. The molecule has 3 aromatic rings. The maximum atomic E-state index is 12.2. The number of aromatic nitrogens is 4. The summed E-state index contributed by atoms with van der Waals surface area (Å²) in [4.78, 5) is 19.4. The van der Waals surface area contributed by atoms with E-state index in [1.165, 1.54) is 4.88 Å². The van der Waals surface area contributed by atoms with Crippen molar-refractivity contribution in [3.63, 3.8) is 0 Å². The number of carbonyl (C=O) groups excluding carboxylic acids is 1. The molecule has 3 heterocycles. The van der Waals surface area contributed by atoms with Gasteiger partial charge in [-0.1, -0.05) is 13.0 Å². The minimum Gasteiger partial charge on any atom is -0.331 e. The fraction of sp³-hybridized carbons (Fsp3) is 0.333. The van der Waals surface area contributed by atoms with Crippen molar-refractivity contribution in [2.24, 2.45) is 0 Å². The number of thiazole rings is 1. The highest BCUT2D eigenvalue weighted by Gasteiger charge is 2.12. The van der Waals surface area contributed by atoms with Crippen LogP contribution in [0.2, 0.25) is 0 Å². The first-order valence-electron chi connectivity index (χ1n) is 7.38. The largest absolute Gasteiger partial charge is 0.331 e. The molecule has 0 atom stereocenters. The third-order valence-electron chi connectivity index (χ3n) is 3.45. The van der Waals surface area contributed by atoms with E-state index >= 15 is 0 Å². The second kappa shape index (κ2) is 6.74. The lowest BCUT2D eigenvalue weighted by atomic mass is 10.4. The van der Waals surface area contributed by atoms with Gasteiger partial charge >= 0.3 is 6.03 Å². The Balaban J connectivity index is 1.58. The first-order valence-corrected chi connectivity index (χ1v) is 8.20. The molecule has 8 heteroatoms. The fourth-order valence-corrected chi connectivity index (χ4v) is 3.08. The van der Waals surface area contributed by atoms with Crippen molar-refractivity contribution >= 4 is 23.0 Å². The Morgan fingerprint density at radius 2 is 2.26 bits per heavy atom. The van der Waals surface area contributed by atoms with Gasteiger partial charge in [0.2, 0.25) is 0 Å². The molecule has 23 heavy (non-hydrogen) atoms. The number of rotatable bonds is 5. The van der Waals surface area contributed by atoms with E-state index in [0.29, 0.717) is 18.9 Å². The van der Waals surface area contributed by atoms with Gasteiger partial charge in [-0.15, -0.1) is 21.5 Å². The number of pyridine rings is 1. The summed E-state index contributed by atoms with van der Waals surface area (Å²) in [5.74, 6) is 0.699. The Kier molecular flexibility index (Phi) is 4.52. The summed E-state index contributed by atoms with van der Waals surface area (Å²) < 4.78 is 1.86. The Morgan fingerprint density at radius 3 is 3.04 bits per heavy atom. The van der Waals surface area contributed by atoms with Gasteiger partial charge in [0.1, 0.15) is 5.01 Å². The van der Waals surface area contributed by atoms with Gasteiger partial charge in [0.25, 0.3) is 0 Å². The van der Waals surface area contributed by atoms with E-state index in [-0.39, 0.29) is 6.03 Å². The van der Waals surface area contributed by atoms with E-state index in [4.69, 9.17) is 0 Å². The van der Waals surface area contributed by atoms with E-state index in [1.807, 2.05) is 35.0 Å². The summed E-state index contributed by atoms with van der Waals surface area (Å²) in [5.41, 5.74) is 0.764. The molecule has 0 aromatic carbocycles. The van der Waals surface area contributed by atoms with Gasteiger partial charge in [0, 0.05) is 24.3 Å². The highest BCUT2D eigenvalue weighted by atomic mass is 32.1. The minimum atomic E-state index is -0.161. The molecule has 0 radical (unpaired) electrons. The molecule has 1 N–H and O–H groups in total. The zero-order chi connectivity index (χ0) is 16.2. The summed E-state index contributed by atoms with van der Waals surface area (Å²) in [6, 6.07) is 5.52. The number of nitrogens with one attached hydrogen (secondary N) is 1. The second-order valence-corrected chi connectivity index (χ2v) is 6.33. The Morgan fingerprint density at radius 1 is 1.39 bits per heavy atom. The molecule has 0 saturated carbocycles. The Labute approximate surface area is 138 Å². The maximum absolute atomic E-state index is 12.2. The van der Waals surface area contributed by atoms with Crippen molar-refractivity contribution in [1.29, 1.82) is 0 Å². The molecule has 3 aromatic heterocycles. The molecule has 0 saturated heterocycles. The molecule has 0 unspecified atom stereocenters. The molecule has 0 aliphatic rings. The van der Waals surface area contributed by atoms with Crippen LogP contribution < -0.4 is 5.32 Å². The van der Waals surface area contributed by atoms with Crippen LogP contribution in [-0.4, -0.2) is 37.6 Å². The van der Waals surface area contributed by atoms with Crippen molar-refractivity contribution < 1.29 is 4.79 Å². The summed E-state index contributed by atoms with van der Waals surface area (Å²) >= 11 is 1.64. The average molecular weight is 330 g/mol. The zero-order valence-electron chi connectivity index (χ0n) is 13.1. The van der Waals surface area contributed by atoms with E-state index in [9.17, 15) is 4.79 Å². The van der Waals surface area contributed by atoms with E-state index < -0.39 is 0 Å². The first kappa shape index (κ1) is 15.4. The van der Waals surface area contributed by atoms with Gasteiger partial charge in [-0.25, -0.2) is 9.78 Å². The fourth-order valence-electron chi connectivity index (χ4n) is 2.16. The van der Waals surface area contributed by atoms with Crippen molar-refractivity contribution in [3.8, 4) is 0 Å². The number of aryl methyl sites for hydroxylation is 1. The third-order valence-corrected chi connectivity index (χ3v) is 4.58. The lowest BCUT2D eigenvalue weighted by Crippen LogP contribution is -2.36. The SMILES string of the molecule is CCc1cnc(CN(C)C(=O)NCc2nnc3ccccn23)s1. The molecule has 3 rings (SSSR count). The van der Waals surface area contributed by atoms with Crippen molar-refractivity contribution in [3.05, 3.63) is 46.3 Å². The quantitative estimate of drug-likeness (QED) is 0.777. The van der Waals surface area contributed by atoms with Gasteiger partial charge in [-0.05, 0) is 18.6 Å². The standard InChI is InChI=1S/C15H18N6OS/c1-3-11-8-16-14(23-11)10-20(2)15(22)17-9-13-19-18-12-6-4-5-7-21(12)13/h4-8H,3,9-10H2,1-2H3,(H,17,22). The Hall–Kier alpha value is -2.48. The number of fused-ring (bicyclic) bond motifs is 1. The molecule has 0 bridgehead atoms. The summed E-state index contributed by atoms with van der Waals surface area (Å²) in [5, 5.41) is 12.0. The minimum absolute atomic E-state index is 0.161. The van der Waals surface area contributed by atoms with E-state index in [1.54, 1.807) is 23.3 Å². The summed E-state index contributed by atoms with van der Waals surface area (Å²) in [6.45, 7) is 2.92. The lowest BCUT2D eigenvalue weighted by molar-refractivity contribution is 0.206. The number of amides is 2. The van der Waals surface area contributed by atoms with Gasteiger partial charge in [0.05, 0.1) is 13.1 Å². The number of carbonyl (C=O) groups is 1. The van der Waals surface area contributed by atoms with Crippen molar-refractivity contribution in [1.82, 2.24) is 29.8 Å². The topological polar surface area (TPSA) is 75.4 Å². The normalized spacial score (nSPS) is 10.9. The monoisotopic (exact) mass is 330 g/mol. The zero-order valence-corrected chi connectivity index (χ0v) is 13.9. The van der Waals surface area contributed by atoms with E-state index in [2.05, 4.69) is 27.4 Å². The van der Waals surface area contributed by atoms with Gasteiger partial charge in [-0.2, -0.15) is 0 Å². The van der Waals surface area contributed by atoms with Crippen LogP contribution >= 0.6 is 11.3 Å². The summed E-state index contributed by atoms with van der Waals surface area (Å²) in [7, 11) is 1.75. The lowest BCUT2D eigenvalue weighted by Gasteiger charge is -2.16. The van der Waals surface area contributed by atoms with E-state index in [0.717, 1.165) is 17.1 Å². The molecule has 0 aliphatic heterocycles. The molecule has 0 fully saturated rings. The maximum Gasteiger partial charge on any atom is 0.317 e. The second-order valence-electron chi connectivity index (χ2n) is 5.13. The first-order chi connectivity index (χ1) is 11.2. The molecular formula is C15H18N6OS. The van der Waals surface area contributed by atoms with Crippen LogP contribution in [0.4, 0.5) is 4.79 Å². The molecule has 120 valence electrons. The van der Waals surface area contributed by atoms with Crippen LogP contribution in [0.25, 0.3) is 5.65 Å². The number of nitrogens with zero attached hydrogens (tertiary/aromatic N) is 5. The van der Waals surface area contributed by atoms with Crippen LogP contribution in [0.15, 0.2) is 30.6 Å². The Bertz CT molecular complexity index is 811. The predicted molar refractivity (Wildman–Crippen MR) is 88.2 cm³/mol. The van der Waals surface area contributed by atoms with Crippen molar-refractivity contribution in [2.45, 2.75) is 26.4 Å². The smallest absolute Gasteiger partial charge is 0.317 e. The highest BCUT2D eigenvalue weighted by Crippen LogP contribution is 2.14. The third kappa shape index (κ3) is 3.48. The molecular weight excluding hydrogens is 312 g/mol. The molecule has 0 aliphatic carbocycles. The van der Waals surface area contributed by atoms with Crippen LogP contribution in [0, 0.1) is 0 Å². The van der Waals surface area contributed by atoms with Crippen LogP contribution in [0.1, 0.15) is 22.6 Å². The average Bonchev–Trinajstić information content (AvgIpc) is 3.19.